The Morgan fingerprint density at radius 1 is 1.11 bits per heavy atom. The number of carbonyl (C=O) groups is 2. The predicted molar refractivity (Wildman–Crippen MR) is 145 cm³/mol. The third kappa shape index (κ3) is 4.99. The Balaban J connectivity index is 1.57. The fourth-order valence-electron chi connectivity index (χ4n) is 5.13. The lowest BCUT2D eigenvalue weighted by Crippen LogP contribution is -2.37. The molecule has 1 amide bonds. The Labute approximate surface area is 225 Å². The van der Waals surface area contributed by atoms with Crippen LogP contribution in [0.4, 0.5) is 5.69 Å². The third-order valence-electron chi connectivity index (χ3n) is 6.85. The molecule has 1 aliphatic carbocycles. The summed E-state index contributed by atoms with van der Waals surface area (Å²) in [6, 6.07) is 16.5. The van der Waals surface area contributed by atoms with E-state index in [1.54, 1.807) is 49.8 Å². The largest absolute Gasteiger partial charge is 0.497 e. The van der Waals surface area contributed by atoms with Crippen molar-refractivity contribution in [1.82, 2.24) is 10.3 Å². The number of rotatable bonds is 5. The van der Waals surface area contributed by atoms with E-state index in [9.17, 15) is 9.59 Å². The van der Waals surface area contributed by atoms with Crippen LogP contribution in [0.3, 0.4) is 0 Å². The van der Waals surface area contributed by atoms with Gasteiger partial charge >= 0.3 is 0 Å². The van der Waals surface area contributed by atoms with Gasteiger partial charge in [0.25, 0.3) is 5.91 Å². The Kier molecular flexibility index (Phi) is 7.04. The van der Waals surface area contributed by atoms with Crippen LogP contribution in [0.25, 0.3) is 0 Å². The van der Waals surface area contributed by atoms with Crippen LogP contribution in [0, 0.1) is 0 Å². The summed E-state index contributed by atoms with van der Waals surface area (Å²) in [4.78, 5) is 31.5. The molecule has 0 saturated carbocycles. The van der Waals surface area contributed by atoms with Crippen LogP contribution in [0.2, 0.25) is 10.0 Å². The van der Waals surface area contributed by atoms with E-state index in [4.69, 9.17) is 27.9 Å². The zero-order chi connectivity index (χ0) is 26.1. The highest BCUT2D eigenvalue weighted by molar-refractivity contribution is 6.35. The summed E-state index contributed by atoms with van der Waals surface area (Å²) in [5.74, 6) is -0.218. The van der Waals surface area contributed by atoms with Gasteiger partial charge in [0, 0.05) is 51.1 Å². The van der Waals surface area contributed by atoms with Gasteiger partial charge in [-0.3, -0.25) is 14.6 Å². The highest BCUT2D eigenvalue weighted by atomic mass is 35.5. The number of nitrogens with zero attached hydrogens (tertiary/aromatic N) is 1. The van der Waals surface area contributed by atoms with Crippen LogP contribution in [-0.2, 0) is 9.59 Å². The molecule has 6 nitrogen and oxygen atoms in total. The summed E-state index contributed by atoms with van der Waals surface area (Å²) in [6.07, 6.45) is 4.16. The van der Waals surface area contributed by atoms with Crippen LogP contribution in [0.1, 0.15) is 42.7 Å². The van der Waals surface area contributed by atoms with Crippen LogP contribution in [-0.4, -0.2) is 23.8 Å². The number of dihydropyridines is 1. The molecule has 1 aliphatic heterocycles. The number of halogens is 2. The maximum Gasteiger partial charge on any atom is 0.254 e. The smallest absolute Gasteiger partial charge is 0.254 e. The molecule has 5 rings (SSSR count). The molecule has 0 fully saturated rings. The van der Waals surface area contributed by atoms with Gasteiger partial charge in [-0.15, -0.1) is 0 Å². The van der Waals surface area contributed by atoms with Gasteiger partial charge in [-0.1, -0.05) is 41.4 Å². The van der Waals surface area contributed by atoms with E-state index in [0.29, 0.717) is 51.0 Å². The topological polar surface area (TPSA) is 80.3 Å². The van der Waals surface area contributed by atoms with Gasteiger partial charge in [0.15, 0.2) is 5.78 Å². The van der Waals surface area contributed by atoms with E-state index < -0.39 is 5.92 Å². The number of ketones is 1. The van der Waals surface area contributed by atoms with Crippen LogP contribution in [0.15, 0.2) is 89.5 Å². The lowest BCUT2D eigenvalue weighted by atomic mass is 9.71. The molecule has 2 atom stereocenters. The SMILES string of the molecule is COc1ccc(C2CC(=O)C3=C(C2)NC(C)=C(C(=O)Nc2cccnc2)C3c2ccc(Cl)cc2Cl)cc1. The summed E-state index contributed by atoms with van der Waals surface area (Å²) in [6.45, 7) is 1.85. The molecular weight excluding hydrogens is 509 g/mol. The molecule has 0 spiro atoms. The molecule has 188 valence electrons. The van der Waals surface area contributed by atoms with Crippen molar-refractivity contribution in [2.75, 3.05) is 12.4 Å². The molecule has 2 aromatic carbocycles. The normalized spacial score (nSPS) is 19.3. The summed E-state index contributed by atoms with van der Waals surface area (Å²) in [5.41, 5.74) is 4.75. The van der Waals surface area contributed by atoms with E-state index in [0.717, 1.165) is 17.0 Å². The van der Waals surface area contributed by atoms with E-state index in [-0.39, 0.29) is 17.6 Å². The highest BCUT2D eigenvalue weighted by Gasteiger charge is 2.41. The maximum atomic E-state index is 13.8. The zero-order valence-corrected chi connectivity index (χ0v) is 21.9. The van der Waals surface area contributed by atoms with Gasteiger partial charge in [0.2, 0.25) is 0 Å². The van der Waals surface area contributed by atoms with E-state index in [1.807, 2.05) is 31.2 Å². The molecule has 37 heavy (non-hydrogen) atoms. The van der Waals surface area contributed by atoms with Crippen molar-refractivity contribution >= 4 is 40.6 Å². The summed E-state index contributed by atoms with van der Waals surface area (Å²) in [5, 5.41) is 7.18. The Morgan fingerprint density at radius 2 is 1.89 bits per heavy atom. The molecule has 0 radical (unpaired) electrons. The zero-order valence-electron chi connectivity index (χ0n) is 20.3. The van der Waals surface area contributed by atoms with Gasteiger partial charge in [0.1, 0.15) is 5.75 Å². The predicted octanol–water partition coefficient (Wildman–Crippen LogP) is 6.40. The number of pyridine rings is 1. The van der Waals surface area contributed by atoms with Crippen molar-refractivity contribution in [2.45, 2.75) is 31.6 Å². The number of Topliss-reactive ketones (excluding diaryl/α,β-unsaturated/α-hetero) is 1. The molecule has 2 aliphatic rings. The molecule has 2 unspecified atom stereocenters. The van der Waals surface area contributed by atoms with Crippen LogP contribution < -0.4 is 15.4 Å². The number of allylic oxidation sites excluding steroid dienone is 3. The minimum Gasteiger partial charge on any atom is -0.497 e. The third-order valence-corrected chi connectivity index (χ3v) is 7.41. The second kappa shape index (κ2) is 10.4. The second-order valence-electron chi connectivity index (χ2n) is 9.15. The van der Waals surface area contributed by atoms with Gasteiger partial charge < -0.3 is 15.4 Å². The minimum atomic E-state index is -0.637. The van der Waals surface area contributed by atoms with Gasteiger partial charge in [-0.25, -0.2) is 0 Å². The number of amides is 1. The average Bonchev–Trinajstić information content (AvgIpc) is 2.88. The lowest BCUT2D eigenvalue weighted by Gasteiger charge is -2.37. The van der Waals surface area contributed by atoms with E-state index >= 15 is 0 Å². The van der Waals surface area contributed by atoms with Crippen molar-refractivity contribution in [2.24, 2.45) is 0 Å². The first-order valence-corrected chi connectivity index (χ1v) is 12.7. The van der Waals surface area contributed by atoms with Crippen molar-refractivity contribution < 1.29 is 14.3 Å². The quantitative estimate of drug-likeness (QED) is 0.396. The molecular formula is C29H25Cl2N3O3. The van der Waals surface area contributed by atoms with Crippen molar-refractivity contribution in [3.05, 3.63) is 111 Å². The van der Waals surface area contributed by atoms with E-state index in [2.05, 4.69) is 15.6 Å². The lowest BCUT2D eigenvalue weighted by molar-refractivity contribution is -0.116. The molecule has 2 heterocycles. The number of aromatic nitrogens is 1. The molecule has 8 heteroatoms. The van der Waals surface area contributed by atoms with Crippen LogP contribution in [0.5, 0.6) is 5.75 Å². The number of ether oxygens (including phenoxy) is 1. The van der Waals surface area contributed by atoms with Gasteiger partial charge in [0.05, 0.1) is 19.0 Å². The monoisotopic (exact) mass is 533 g/mol. The maximum absolute atomic E-state index is 13.8. The number of anilines is 1. The van der Waals surface area contributed by atoms with E-state index in [1.165, 1.54) is 0 Å². The summed E-state index contributed by atoms with van der Waals surface area (Å²) < 4.78 is 5.28. The van der Waals surface area contributed by atoms with Gasteiger partial charge in [-0.05, 0) is 66.8 Å². The minimum absolute atomic E-state index is 0.00423. The first kappa shape index (κ1) is 25.1. The number of hydrogen-bond donors (Lipinski definition) is 2. The first-order valence-electron chi connectivity index (χ1n) is 11.9. The number of hydrogen-bond acceptors (Lipinski definition) is 5. The molecule has 1 aromatic heterocycles. The molecule has 0 bridgehead atoms. The number of methoxy groups -OCH3 is 1. The Morgan fingerprint density at radius 3 is 2.57 bits per heavy atom. The average molecular weight is 534 g/mol. The summed E-state index contributed by atoms with van der Waals surface area (Å²) >= 11 is 12.8. The van der Waals surface area contributed by atoms with Crippen molar-refractivity contribution in [1.29, 1.82) is 0 Å². The Hall–Kier alpha value is -3.61. The number of benzene rings is 2. The first-order chi connectivity index (χ1) is 17.9. The Bertz CT molecular complexity index is 1430. The van der Waals surface area contributed by atoms with Gasteiger partial charge in [-0.2, -0.15) is 0 Å². The molecule has 0 saturated heterocycles. The number of carbonyl (C=O) groups excluding carboxylic acids is 2. The number of nitrogens with one attached hydrogen (secondary N) is 2. The summed E-state index contributed by atoms with van der Waals surface area (Å²) in [7, 11) is 1.63. The highest BCUT2D eigenvalue weighted by Crippen LogP contribution is 2.47. The molecule has 2 N–H and O–H groups in total. The fraction of sp³-hybridized carbons (Fsp3) is 0.207. The van der Waals surface area contributed by atoms with Crippen LogP contribution >= 0.6 is 23.2 Å². The standard InChI is InChI=1S/C29H25Cl2N3O3/c1-16-26(29(36)34-20-4-3-11-32-15-20)27(22-10-7-19(30)14-23(22)31)28-24(33-16)12-18(13-25(28)35)17-5-8-21(37-2)9-6-17/h3-11,14-15,18,27,33H,12-13H2,1-2H3,(H,34,36). The fourth-order valence-corrected chi connectivity index (χ4v) is 5.65. The molecule has 3 aromatic rings. The second-order valence-corrected chi connectivity index (χ2v) is 10.00. The van der Waals surface area contributed by atoms with Crippen molar-refractivity contribution in [3.8, 4) is 5.75 Å². The van der Waals surface area contributed by atoms with Crippen molar-refractivity contribution in [3.63, 3.8) is 0 Å².